The number of rotatable bonds is 8. The van der Waals surface area contributed by atoms with Crippen molar-refractivity contribution in [3.8, 4) is 17.6 Å². The zero-order chi connectivity index (χ0) is 22.6. The molecule has 0 aliphatic carbocycles. The average Bonchev–Trinajstić information content (AvgIpc) is 3.08. The molecule has 0 aromatic heterocycles. The number of sulfonamides is 1. The molecule has 0 amide bonds. The van der Waals surface area contributed by atoms with Gasteiger partial charge >= 0.3 is 0 Å². The number of methoxy groups -OCH3 is 1. The van der Waals surface area contributed by atoms with Gasteiger partial charge in [-0.15, -0.1) is 0 Å². The van der Waals surface area contributed by atoms with Crippen molar-refractivity contribution in [2.24, 2.45) is 0 Å². The molecule has 0 spiro atoms. The van der Waals surface area contributed by atoms with Crippen LogP contribution in [-0.2, 0) is 19.5 Å². The Hall–Kier alpha value is -2.80. The third kappa shape index (κ3) is 5.28. The van der Waals surface area contributed by atoms with Crippen molar-refractivity contribution in [3.63, 3.8) is 0 Å². The Labute approximate surface area is 182 Å². The highest BCUT2D eigenvalue weighted by Gasteiger charge is 2.37. The van der Waals surface area contributed by atoms with E-state index in [1.807, 2.05) is 13.0 Å². The molecule has 1 aliphatic rings. The number of hydrogen-bond acceptors (Lipinski definition) is 7. The lowest BCUT2D eigenvalue weighted by Crippen LogP contribution is -2.39. The van der Waals surface area contributed by atoms with E-state index in [0.717, 1.165) is 5.56 Å². The van der Waals surface area contributed by atoms with Crippen molar-refractivity contribution in [2.75, 3.05) is 31.2 Å². The number of nitriles is 1. The van der Waals surface area contributed by atoms with Gasteiger partial charge < -0.3 is 18.9 Å². The molecule has 2 aromatic rings. The molecule has 2 aromatic carbocycles. The predicted molar refractivity (Wildman–Crippen MR) is 115 cm³/mol. The second-order valence-corrected chi connectivity index (χ2v) is 9.42. The van der Waals surface area contributed by atoms with Gasteiger partial charge in [-0.2, -0.15) is 5.26 Å². The summed E-state index contributed by atoms with van der Waals surface area (Å²) in [5.74, 6) is -0.149. The van der Waals surface area contributed by atoms with Crippen LogP contribution in [0.5, 0.6) is 11.5 Å². The lowest BCUT2D eigenvalue weighted by atomic mass is 10.2. The average molecular weight is 447 g/mol. The standard InChI is InChI=1S/C22H26N2O6S/c1-16-11-17(13-18(12-16)28-10-9-23)24(14-19-15-29-22(2,3)30-19)31(25,26)21-8-6-5-7-20(21)27-4/h5-8,11-13,19H,10,14-15H2,1-4H3. The van der Waals surface area contributed by atoms with E-state index in [9.17, 15) is 8.42 Å². The van der Waals surface area contributed by atoms with E-state index in [1.165, 1.54) is 17.5 Å². The maximum atomic E-state index is 13.8. The summed E-state index contributed by atoms with van der Waals surface area (Å²) in [5.41, 5.74) is 1.18. The zero-order valence-corrected chi connectivity index (χ0v) is 18.8. The fourth-order valence-corrected chi connectivity index (χ4v) is 5.04. The number of benzene rings is 2. The summed E-state index contributed by atoms with van der Waals surface area (Å²) in [4.78, 5) is 0.0386. The van der Waals surface area contributed by atoms with Gasteiger partial charge in [-0.25, -0.2) is 8.42 Å². The van der Waals surface area contributed by atoms with E-state index in [-0.39, 0.29) is 30.4 Å². The molecule has 9 heteroatoms. The van der Waals surface area contributed by atoms with Crippen molar-refractivity contribution in [1.29, 1.82) is 5.26 Å². The van der Waals surface area contributed by atoms with Gasteiger partial charge in [0.25, 0.3) is 10.0 Å². The van der Waals surface area contributed by atoms with Gasteiger partial charge in [0.15, 0.2) is 12.4 Å². The number of aryl methyl sites for hydroxylation is 1. The Morgan fingerprint density at radius 1 is 1.26 bits per heavy atom. The van der Waals surface area contributed by atoms with Crippen molar-refractivity contribution < 1.29 is 27.4 Å². The van der Waals surface area contributed by atoms with Gasteiger partial charge in [0.2, 0.25) is 0 Å². The van der Waals surface area contributed by atoms with Crippen LogP contribution >= 0.6 is 0 Å². The molecule has 1 aliphatic heterocycles. The Morgan fingerprint density at radius 3 is 2.65 bits per heavy atom. The number of hydrogen-bond donors (Lipinski definition) is 0. The molecule has 3 rings (SSSR count). The highest BCUT2D eigenvalue weighted by Crippen LogP contribution is 2.34. The van der Waals surface area contributed by atoms with Gasteiger partial charge in [-0.1, -0.05) is 12.1 Å². The van der Waals surface area contributed by atoms with Crippen molar-refractivity contribution >= 4 is 15.7 Å². The molecule has 1 unspecified atom stereocenters. The highest BCUT2D eigenvalue weighted by atomic mass is 32.2. The van der Waals surface area contributed by atoms with E-state index >= 15 is 0 Å². The minimum absolute atomic E-state index is 0.0327. The van der Waals surface area contributed by atoms with Crippen LogP contribution < -0.4 is 13.8 Å². The van der Waals surface area contributed by atoms with Crippen LogP contribution in [0.2, 0.25) is 0 Å². The largest absolute Gasteiger partial charge is 0.495 e. The fourth-order valence-electron chi connectivity index (χ4n) is 3.40. The van der Waals surface area contributed by atoms with Crippen LogP contribution in [-0.4, -0.2) is 47.2 Å². The van der Waals surface area contributed by atoms with Crippen LogP contribution in [0.3, 0.4) is 0 Å². The number of nitrogens with zero attached hydrogens (tertiary/aromatic N) is 2. The first-order valence-corrected chi connectivity index (χ1v) is 11.2. The number of anilines is 1. The van der Waals surface area contributed by atoms with Gasteiger partial charge in [-0.3, -0.25) is 4.31 Å². The summed E-state index contributed by atoms with van der Waals surface area (Å²) < 4.78 is 51.0. The van der Waals surface area contributed by atoms with Gasteiger partial charge in [0, 0.05) is 6.07 Å². The first-order chi connectivity index (χ1) is 14.7. The molecule has 31 heavy (non-hydrogen) atoms. The van der Waals surface area contributed by atoms with Gasteiger partial charge in [0.1, 0.15) is 28.6 Å². The minimum Gasteiger partial charge on any atom is -0.495 e. The quantitative estimate of drug-likeness (QED) is 0.614. The normalized spacial score (nSPS) is 17.7. The van der Waals surface area contributed by atoms with E-state index in [4.69, 9.17) is 24.2 Å². The van der Waals surface area contributed by atoms with E-state index in [2.05, 4.69) is 0 Å². The molecule has 166 valence electrons. The molecule has 1 heterocycles. The summed E-state index contributed by atoms with van der Waals surface area (Å²) in [6.07, 6.45) is -0.469. The van der Waals surface area contributed by atoms with Crippen molar-refractivity contribution in [2.45, 2.75) is 37.6 Å². The Morgan fingerprint density at radius 2 is 2.00 bits per heavy atom. The number of para-hydroxylation sites is 1. The maximum Gasteiger partial charge on any atom is 0.268 e. The smallest absolute Gasteiger partial charge is 0.268 e. The van der Waals surface area contributed by atoms with Crippen LogP contribution in [0.15, 0.2) is 47.4 Å². The summed E-state index contributed by atoms with van der Waals surface area (Å²) in [7, 11) is -2.60. The summed E-state index contributed by atoms with van der Waals surface area (Å²) >= 11 is 0. The molecule has 8 nitrogen and oxygen atoms in total. The predicted octanol–water partition coefficient (Wildman–Crippen LogP) is 3.25. The summed E-state index contributed by atoms with van der Waals surface area (Å²) in [6.45, 7) is 5.55. The minimum atomic E-state index is -4.02. The van der Waals surface area contributed by atoms with Crippen LogP contribution in [0.1, 0.15) is 19.4 Å². The second kappa shape index (κ2) is 9.14. The molecule has 0 bridgehead atoms. The topological polar surface area (TPSA) is 98.1 Å². The molecule has 1 saturated heterocycles. The third-order valence-corrected chi connectivity index (χ3v) is 6.53. The lowest BCUT2D eigenvalue weighted by Gasteiger charge is -2.28. The molecule has 0 radical (unpaired) electrons. The molecule has 0 N–H and O–H groups in total. The molecular formula is C22H26N2O6S. The first kappa shape index (κ1) is 22.9. The summed E-state index contributed by atoms with van der Waals surface area (Å²) in [6, 6.07) is 13.4. The molecule has 0 saturated carbocycles. The lowest BCUT2D eigenvalue weighted by molar-refractivity contribution is -0.136. The molecular weight excluding hydrogens is 420 g/mol. The molecule has 1 atom stereocenters. The number of ether oxygens (including phenoxy) is 4. The third-order valence-electron chi connectivity index (χ3n) is 4.70. The van der Waals surface area contributed by atoms with E-state index in [1.54, 1.807) is 50.2 Å². The van der Waals surface area contributed by atoms with E-state index in [0.29, 0.717) is 11.4 Å². The Bertz CT molecular complexity index is 1080. The Kier molecular flexibility index (Phi) is 6.74. The van der Waals surface area contributed by atoms with Crippen LogP contribution in [0, 0.1) is 18.3 Å². The van der Waals surface area contributed by atoms with Crippen LogP contribution in [0.4, 0.5) is 5.69 Å². The Balaban J connectivity index is 2.07. The van der Waals surface area contributed by atoms with Gasteiger partial charge in [-0.05, 0) is 50.6 Å². The monoisotopic (exact) mass is 446 g/mol. The highest BCUT2D eigenvalue weighted by molar-refractivity contribution is 7.93. The summed E-state index contributed by atoms with van der Waals surface area (Å²) in [5, 5.41) is 8.82. The van der Waals surface area contributed by atoms with E-state index < -0.39 is 21.9 Å². The van der Waals surface area contributed by atoms with Crippen molar-refractivity contribution in [3.05, 3.63) is 48.0 Å². The van der Waals surface area contributed by atoms with Gasteiger partial charge in [0.05, 0.1) is 25.9 Å². The first-order valence-electron chi connectivity index (χ1n) is 9.75. The van der Waals surface area contributed by atoms with Crippen molar-refractivity contribution in [1.82, 2.24) is 0 Å². The maximum absolute atomic E-state index is 13.8. The zero-order valence-electron chi connectivity index (χ0n) is 18.0. The molecule has 1 fully saturated rings. The fraction of sp³-hybridized carbons (Fsp3) is 0.409. The van der Waals surface area contributed by atoms with Crippen LogP contribution in [0.25, 0.3) is 0 Å². The second-order valence-electron chi connectivity index (χ2n) is 7.59. The SMILES string of the molecule is COc1ccccc1S(=O)(=O)N(CC1COC(C)(C)O1)c1cc(C)cc(OCC#N)c1.